The van der Waals surface area contributed by atoms with E-state index in [9.17, 15) is 14.7 Å². The van der Waals surface area contributed by atoms with E-state index in [1.54, 1.807) is 30.2 Å². The van der Waals surface area contributed by atoms with Gasteiger partial charge in [-0.1, -0.05) is 23.8 Å². The van der Waals surface area contributed by atoms with E-state index in [0.717, 1.165) is 36.1 Å². The third-order valence-electron chi connectivity index (χ3n) is 6.85. The Labute approximate surface area is 209 Å². The van der Waals surface area contributed by atoms with Crippen molar-refractivity contribution in [3.05, 3.63) is 76.8 Å². The summed E-state index contributed by atoms with van der Waals surface area (Å²) < 4.78 is 16.5. The van der Waals surface area contributed by atoms with Crippen molar-refractivity contribution in [2.45, 2.75) is 19.4 Å². The first-order chi connectivity index (χ1) is 17.5. The Hall–Kier alpha value is -3.62. The highest BCUT2D eigenvalue weighted by atomic mass is 16.5. The van der Waals surface area contributed by atoms with E-state index in [4.69, 9.17) is 13.9 Å². The Balaban J connectivity index is 1.46. The highest BCUT2D eigenvalue weighted by Crippen LogP contribution is 2.40. The van der Waals surface area contributed by atoms with Gasteiger partial charge in [-0.3, -0.25) is 14.5 Å². The van der Waals surface area contributed by atoms with Crippen molar-refractivity contribution < 1.29 is 28.6 Å². The number of carbonyl (C=O) groups is 2. The fourth-order valence-electron chi connectivity index (χ4n) is 4.95. The summed E-state index contributed by atoms with van der Waals surface area (Å²) in [6, 6.07) is 13.8. The molecule has 2 aliphatic rings. The first-order valence-electron chi connectivity index (χ1n) is 12.2. The molecule has 2 aliphatic heterocycles. The van der Waals surface area contributed by atoms with Crippen molar-refractivity contribution in [1.29, 1.82) is 0 Å². The van der Waals surface area contributed by atoms with Gasteiger partial charge in [-0.25, -0.2) is 0 Å². The number of morpholine rings is 1. The normalized spacial score (nSPS) is 18.9. The second kappa shape index (κ2) is 10.2. The molecule has 3 heterocycles. The molecule has 1 aromatic heterocycles. The SMILES string of the molecule is COc1ccc(C2C(C(=O)c3cc4cc(C)ccc4o3)=C(O)C(=O)N2CCCN2CCOCC2)cc1. The summed E-state index contributed by atoms with van der Waals surface area (Å²) >= 11 is 0. The van der Waals surface area contributed by atoms with Crippen LogP contribution in [0.25, 0.3) is 11.0 Å². The van der Waals surface area contributed by atoms with Crippen LogP contribution in [0.5, 0.6) is 5.75 Å². The third-order valence-corrected chi connectivity index (χ3v) is 6.85. The number of fused-ring (bicyclic) bond motifs is 1. The number of aryl methyl sites for hydroxylation is 1. The molecule has 1 atom stereocenters. The molecular formula is C28H30N2O6. The van der Waals surface area contributed by atoms with Crippen LogP contribution in [0, 0.1) is 6.92 Å². The van der Waals surface area contributed by atoms with Gasteiger partial charge in [-0.15, -0.1) is 0 Å². The number of hydrogen-bond donors (Lipinski definition) is 1. The second-order valence-corrected chi connectivity index (χ2v) is 9.23. The molecule has 1 unspecified atom stereocenters. The number of aliphatic hydroxyl groups excluding tert-OH is 1. The molecule has 5 rings (SSSR count). The number of ketones is 1. The Bertz CT molecular complexity index is 1300. The van der Waals surface area contributed by atoms with E-state index >= 15 is 0 Å². The van der Waals surface area contributed by atoms with Gasteiger partial charge in [0.05, 0.1) is 31.9 Å². The number of ether oxygens (including phenoxy) is 2. The molecule has 8 nitrogen and oxygen atoms in total. The zero-order valence-corrected chi connectivity index (χ0v) is 20.5. The zero-order chi connectivity index (χ0) is 25.2. The molecule has 0 bridgehead atoms. The van der Waals surface area contributed by atoms with E-state index in [1.807, 2.05) is 37.3 Å². The first-order valence-corrected chi connectivity index (χ1v) is 12.2. The van der Waals surface area contributed by atoms with Crippen molar-refractivity contribution in [3.63, 3.8) is 0 Å². The number of amides is 1. The topological polar surface area (TPSA) is 92.5 Å². The molecule has 0 radical (unpaired) electrons. The highest BCUT2D eigenvalue weighted by Gasteiger charge is 2.44. The molecule has 0 spiro atoms. The predicted molar refractivity (Wildman–Crippen MR) is 134 cm³/mol. The first kappa shape index (κ1) is 24.1. The van der Waals surface area contributed by atoms with Crippen molar-refractivity contribution in [2.75, 3.05) is 46.5 Å². The maximum atomic E-state index is 13.7. The van der Waals surface area contributed by atoms with Gasteiger partial charge >= 0.3 is 0 Å². The van der Waals surface area contributed by atoms with Gasteiger partial charge in [0.1, 0.15) is 11.3 Å². The minimum absolute atomic E-state index is 0.0346. The average Bonchev–Trinajstić information content (AvgIpc) is 3.43. The molecule has 36 heavy (non-hydrogen) atoms. The summed E-state index contributed by atoms with van der Waals surface area (Å²) in [7, 11) is 1.58. The van der Waals surface area contributed by atoms with Gasteiger partial charge in [0.25, 0.3) is 5.91 Å². The van der Waals surface area contributed by atoms with E-state index in [-0.39, 0.29) is 11.3 Å². The molecule has 1 N–H and O–H groups in total. The summed E-state index contributed by atoms with van der Waals surface area (Å²) in [6.45, 7) is 6.28. The van der Waals surface area contributed by atoms with Gasteiger partial charge in [0, 0.05) is 31.6 Å². The quantitative estimate of drug-likeness (QED) is 0.476. The molecule has 0 aliphatic carbocycles. The molecule has 0 saturated carbocycles. The molecular weight excluding hydrogens is 460 g/mol. The van der Waals surface area contributed by atoms with Crippen molar-refractivity contribution >= 4 is 22.7 Å². The minimum atomic E-state index is -0.726. The van der Waals surface area contributed by atoms with Crippen LogP contribution in [-0.2, 0) is 9.53 Å². The molecule has 2 aromatic carbocycles. The van der Waals surface area contributed by atoms with Gasteiger partial charge in [-0.05, 0) is 49.2 Å². The number of Topliss-reactive ketones (excluding diaryl/α,β-unsaturated/α-hetero) is 1. The lowest BCUT2D eigenvalue weighted by Gasteiger charge is -2.30. The average molecular weight is 491 g/mol. The number of nitrogens with zero attached hydrogens (tertiary/aromatic N) is 2. The van der Waals surface area contributed by atoms with Crippen LogP contribution in [0.3, 0.4) is 0 Å². The Kier molecular flexibility index (Phi) is 6.80. The van der Waals surface area contributed by atoms with E-state index in [1.165, 1.54) is 0 Å². The van der Waals surface area contributed by atoms with Crippen LogP contribution < -0.4 is 4.74 Å². The number of hydrogen-bond acceptors (Lipinski definition) is 7. The van der Waals surface area contributed by atoms with Crippen LogP contribution in [0.2, 0.25) is 0 Å². The fraction of sp³-hybridized carbons (Fsp3) is 0.357. The van der Waals surface area contributed by atoms with Crippen LogP contribution in [-0.4, -0.2) is 73.1 Å². The van der Waals surface area contributed by atoms with Crippen molar-refractivity contribution in [3.8, 4) is 5.75 Å². The predicted octanol–water partition coefficient (Wildman–Crippen LogP) is 4.05. The second-order valence-electron chi connectivity index (χ2n) is 9.23. The maximum Gasteiger partial charge on any atom is 0.290 e. The van der Waals surface area contributed by atoms with Crippen molar-refractivity contribution in [2.24, 2.45) is 0 Å². The summed E-state index contributed by atoms with van der Waals surface area (Å²) in [6.07, 6.45) is 0.705. The lowest BCUT2D eigenvalue weighted by atomic mass is 9.95. The van der Waals surface area contributed by atoms with Crippen LogP contribution >= 0.6 is 0 Å². The van der Waals surface area contributed by atoms with Gasteiger partial charge in [0.2, 0.25) is 5.78 Å². The number of carbonyl (C=O) groups excluding carboxylic acids is 2. The lowest BCUT2D eigenvalue weighted by Crippen LogP contribution is -2.39. The van der Waals surface area contributed by atoms with E-state index in [0.29, 0.717) is 37.5 Å². The van der Waals surface area contributed by atoms with E-state index < -0.39 is 23.5 Å². The lowest BCUT2D eigenvalue weighted by molar-refractivity contribution is -0.129. The zero-order valence-electron chi connectivity index (χ0n) is 20.5. The van der Waals surface area contributed by atoms with Crippen molar-refractivity contribution in [1.82, 2.24) is 9.80 Å². The summed E-state index contributed by atoms with van der Waals surface area (Å²) in [4.78, 5) is 30.8. The van der Waals surface area contributed by atoms with Gasteiger partial charge in [-0.2, -0.15) is 0 Å². The molecule has 1 amide bonds. The number of aliphatic hydroxyl groups is 1. The standard InChI is InChI=1S/C28H30N2O6/c1-18-4-9-22-20(16-18)17-23(36-22)26(31)24-25(19-5-7-21(34-2)8-6-19)30(28(33)27(24)32)11-3-10-29-12-14-35-15-13-29/h4-9,16-17,25,32H,3,10-15H2,1-2H3. The fourth-order valence-corrected chi connectivity index (χ4v) is 4.95. The molecule has 3 aromatic rings. The Morgan fingerprint density at radius 3 is 2.56 bits per heavy atom. The largest absolute Gasteiger partial charge is 0.503 e. The number of furan rings is 1. The monoisotopic (exact) mass is 490 g/mol. The number of rotatable bonds is 8. The van der Waals surface area contributed by atoms with Gasteiger partial charge in [0.15, 0.2) is 11.5 Å². The maximum absolute atomic E-state index is 13.7. The number of benzene rings is 2. The van der Waals surface area contributed by atoms with Crippen LogP contribution in [0.1, 0.15) is 34.1 Å². The highest BCUT2D eigenvalue weighted by molar-refractivity contribution is 6.16. The van der Waals surface area contributed by atoms with Crippen LogP contribution in [0.4, 0.5) is 0 Å². The third kappa shape index (κ3) is 4.62. The summed E-state index contributed by atoms with van der Waals surface area (Å²) in [5.41, 5.74) is 2.38. The summed E-state index contributed by atoms with van der Waals surface area (Å²) in [5.74, 6) is -0.808. The van der Waals surface area contributed by atoms with E-state index in [2.05, 4.69) is 4.90 Å². The van der Waals surface area contributed by atoms with Gasteiger partial charge < -0.3 is 23.9 Å². The number of methoxy groups -OCH3 is 1. The Morgan fingerprint density at radius 1 is 1.08 bits per heavy atom. The Morgan fingerprint density at radius 2 is 1.83 bits per heavy atom. The summed E-state index contributed by atoms with van der Waals surface area (Å²) in [5, 5.41) is 11.7. The molecule has 188 valence electrons. The molecule has 1 saturated heterocycles. The molecule has 8 heteroatoms. The minimum Gasteiger partial charge on any atom is -0.503 e. The molecule has 1 fully saturated rings. The van der Waals surface area contributed by atoms with Crippen LogP contribution in [0.15, 0.2) is 64.3 Å². The smallest absolute Gasteiger partial charge is 0.290 e.